The first-order chi connectivity index (χ1) is 11.4. The Morgan fingerprint density at radius 1 is 1.42 bits per heavy atom. The second kappa shape index (κ2) is 8.19. The largest absolute Gasteiger partial charge is 0.480 e. The molecule has 7 nitrogen and oxygen atoms in total. The number of aliphatic carboxylic acids is 1. The van der Waals surface area contributed by atoms with Gasteiger partial charge < -0.3 is 10.4 Å². The maximum absolute atomic E-state index is 11.7. The number of likely N-dealkylation sites (tertiary alicyclic amines) is 1. The molecule has 2 rings (SSSR count). The molecule has 0 unspecified atom stereocenters. The number of hydrogen-bond acceptors (Lipinski definition) is 5. The second-order valence-electron chi connectivity index (χ2n) is 6.49. The third kappa shape index (κ3) is 4.99. The van der Waals surface area contributed by atoms with Gasteiger partial charge in [-0.05, 0) is 52.6 Å². The number of carboxylic acids is 1. The summed E-state index contributed by atoms with van der Waals surface area (Å²) in [5, 5.41) is 10.9. The number of rotatable bonds is 7. The van der Waals surface area contributed by atoms with E-state index in [1.807, 2.05) is 13.0 Å². The molecule has 1 aromatic rings. The fraction of sp³-hybridized carbons (Fsp3) is 0.647. The Balaban J connectivity index is 2.03. The third-order valence-electron chi connectivity index (χ3n) is 4.25. The Morgan fingerprint density at radius 3 is 2.83 bits per heavy atom. The standard InChI is InChI=1S/C17H26N4O3/c1-11(2)21-8-4-5-15(21)14-9-13(19-12(3)20-14)6-7-16(22)18-10-17(23)24/h9,11,15H,4-8,10H2,1-3H3,(H,18,22)(H,23,24)/t15-/m1/s1. The van der Waals surface area contributed by atoms with Crippen molar-refractivity contribution in [3.8, 4) is 0 Å². The monoisotopic (exact) mass is 334 g/mol. The smallest absolute Gasteiger partial charge is 0.322 e. The zero-order chi connectivity index (χ0) is 17.7. The fourth-order valence-electron chi connectivity index (χ4n) is 3.18. The van der Waals surface area contributed by atoms with Gasteiger partial charge in [-0.25, -0.2) is 9.97 Å². The second-order valence-corrected chi connectivity index (χ2v) is 6.49. The van der Waals surface area contributed by atoms with Crippen LogP contribution in [0.3, 0.4) is 0 Å². The molecule has 1 amide bonds. The molecule has 0 saturated carbocycles. The van der Waals surface area contributed by atoms with Crippen LogP contribution in [0, 0.1) is 6.92 Å². The molecule has 1 atom stereocenters. The number of aryl methyl sites for hydroxylation is 2. The maximum Gasteiger partial charge on any atom is 0.322 e. The van der Waals surface area contributed by atoms with Gasteiger partial charge in [0.15, 0.2) is 0 Å². The first kappa shape index (κ1) is 18.3. The summed E-state index contributed by atoms with van der Waals surface area (Å²) >= 11 is 0. The molecule has 1 saturated heterocycles. The number of nitrogens with one attached hydrogen (secondary N) is 1. The predicted molar refractivity (Wildman–Crippen MR) is 89.6 cm³/mol. The van der Waals surface area contributed by atoms with E-state index in [1.165, 1.54) is 6.42 Å². The highest BCUT2D eigenvalue weighted by atomic mass is 16.4. The van der Waals surface area contributed by atoms with Gasteiger partial charge in [-0.1, -0.05) is 0 Å². The van der Waals surface area contributed by atoms with Crippen LogP contribution in [0.1, 0.15) is 56.4 Å². The Bertz CT molecular complexity index is 603. The molecule has 1 aliphatic rings. The molecule has 0 spiro atoms. The van der Waals surface area contributed by atoms with Crippen LogP contribution in [0.15, 0.2) is 6.07 Å². The van der Waals surface area contributed by atoms with Crippen LogP contribution in [-0.4, -0.2) is 51.0 Å². The van der Waals surface area contributed by atoms with E-state index in [2.05, 4.69) is 34.0 Å². The van der Waals surface area contributed by atoms with Crippen LogP contribution in [0.4, 0.5) is 0 Å². The van der Waals surface area contributed by atoms with Crippen molar-refractivity contribution in [1.82, 2.24) is 20.2 Å². The van der Waals surface area contributed by atoms with Crippen LogP contribution < -0.4 is 5.32 Å². The zero-order valence-electron chi connectivity index (χ0n) is 14.6. The van der Waals surface area contributed by atoms with Gasteiger partial charge in [0.2, 0.25) is 5.91 Å². The molecule has 0 radical (unpaired) electrons. The van der Waals surface area contributed by atoms with Crippen molar-refractivity contribution in [3.63, 3.8) is 0 Å². The van der Waals surface area contributed by atoms with Crippen LogP contribution in [0.5, 0.6) is 0 Å². The van der Waals surface area contributed by atoms with E-state index < -0.39 is 5.97 Å². The summed E-state index contributed by atoms with van der Waals surface area (Å²) in [5.41, 5.74) is 1.85. The molecule has 1 fully saturated rings. The van der Waals surface area contributed by atoms with Gasteiger partial charge in [-0.3, -0.25) is 14.5 Å². The molecule has 2 N–H and O–H groups in total. The lowest BCUT2D eigenvalue weighted by atomic mass is 10.1. The summed E-state index contributed by atoms with van der Waals surface area (Å²) in [6.45, 7) is 6.99. The van der Waals surface area contributed by atoms with Crippen molar-refractivity contribution in [2.75, 3.05) is 13.1 Å². The number of aromatic nitrogens is 2. The number of carbonyl (C=O) groups excluding carboxylic acids is 1. The number of hydrogen-bond donors (Lipinski definition) is 2. The van der Waals surface area contributed by atoms with Gasteiger partial charge in [0.05, 0.1) is 11.7 Å². The molecule has 0 aliphatic carbocycles. The van der Waals surface area contributed by atoms with E-state index in [0.717, 1.165) is 24.4 Å². The van der Waals surface area contributed by atoms with Crippen LogP contribution >= 0.6 is 0 Å². The summed E-state index contributed by atoms with van der Waals surface area (Å²) in [6.07, 6.45) is 2.96. The van der Waals surface area contributed by atoms with Gasteiger partial charge in [-0.15, -0.1) is 0 Å². The summed E-state index contributed by atoms with van der Waals surface area (Å²) in [5.74, 6) is -0.609. The lowest BCUT2D eigenvalue weighted by Crippen LogP contribution is -2.31. The first-order valence-electron chi connectivity index (χ1n) is 8.45. The number of carboxylic acid groups (broad SMARTS) is 1. The minimum absolute atomic E-state index is 0.224. The van der Waals surface area contributed by atoms with E-state index in [0.29, 0.717) is 24.3 Å². The van der Waals surface area contributed by atoms with Crippen LogP contribution in [0.25, 0.3) is 0 Å². The van der Waals surface area contributed by atoms with Crippen molar-refractivity contribution in [2.24, 2.45) is 0 Å². The Kier molecular flexibility index (Phi) is 6.25. The maximum atomic E-state index is 11.7. The lowest BCUT2D eigenvalue weighted by Gasteiger charge is -2.28. The highest BCUT2D eigenvalue weighted by Crippen LogP contribution is 2.32. The topological polar surface area (TPSA) is 95.4 Å². The molecule has 1 aliphatic heterocycles. The molecular weight excluding hydrogens is 308 g/mol. The minimum Gasteiger partial charge on any atom is -0.480 e. The predicted octanol–water partition coefficient (Wildman–Crippen LogP) is 1.46. The van der Waals surface area contributed by atoms with Gasteiger partial charge in [0.25, 0.3) is 0 Å². The molecule has 2 heterocycles. The summed E-state index contributed by atoms with van der Waals surface area (Å²) in [7, 11) is 0. The lowest BCUT2D eigenvalue weighted by molar-refractivity contribution is -0.137. The molecule has 1 aromatic heterocycles. The Labute approximate surface area is 142 Å². The van der Waals surface area contributed by atoms with E-state index in [1.54, 1.807) is 0 Å². The summed E-state index contributed by atoms with van der Waals surface area (Å²) in [4.78, 5) is 33.6. The van der Waals surface area contributed by atoms with Gasteiger partial charge in [-0.2, -0.15) is 0 Å². The normalized spacial score (nSPS) is 18.1. The van der Waals surface area contributed by atoms with Crippen molar-refractivity contribution in [1.29, 1.82) is 0 Å². The van der Waals surface area contributed by atoms with Crippen molar-refractivity contribution >= 4 is 11.9 Å². The summed E-state index contributed by atoms with van der Waals surface area (Å²) in [6, 6.07) is 2.77. The van der Waals surface area contributed by atoms with Gasteiger partial charge in [0, 0.05) is 18.2 Å². The Hall–Kier alpha value is -2.02. The van der Waals surface area contributed by atoms with Crippen LogP contribution in [0.2, 0.25) is 0 Å². The van der Waals surface area contributed by atoms with Crippen LogP contribution in [-0.2, 0) is 16.0 Å². The van der Waals surface area contributed by atoms with E-state index in [4.69, 9.17) is 5.11 Å². The van der Waals surface area contributed by atoms with E-state index >= 15 is 0 Å². The zero-order valence-corrected chi connectivity index (χ0v) is 14.6. The number of carbonyl (C=O) groups is 2. The third-order valence-corrected chi connectivity index (χ3v) is 4.25. The number of amides is 1. The minimum atomic E-state index is -1.04. The SMILES string of the molecule is Cc1nc(CCC(=O)NCC(=O)O)cc([C@H]2CCCN2C(C)C)n1. The molecule has 0 aromatic carbocycles. The highest BCUT2D eigenvalue weighted by Gasteiger charge is 2.29. The average Bonchev–Trinajstić information content (AvgIpc) is 3.00. The van der Waals surface area contributed by atoms with Crippen molar-refractivity contribution in [3.05, 3.63) is 23.3 Å². The van der Waals surface area contributed by atoms with E-state index in [9.17, 15) is 9.59 Å². The summed E-state index contributed by atoms with van der Waals surface area (Å²) < 4.78 is 0. The fourth-order valence-corrected chi connectivity index (χ4v) is 3.18. The van der Waals surface area contributed by atoms with Crippen molar-refractivity contribution < 1.29 is 14.7 Å². The Morgan fingerprint density at radius 2 is 2.17 bits per heavy atom. The molecule has 0 bridgehead atoms. The van der Waals surface area contributed by atoms with Crippen molar-refractivity contribution in [2.45, 2.75) is 58.5 Å². The molecule has 24 heavy (non-hydrogen) atoms. The average molecular weight is 334 g/mol. The van der Waals surface area contributed by atoms with Gasteiger partial charge >= 0.3 is 5.97 Å². The quantitative estimate of drug-likeness (QED) is 0.784. The highest BCUT2D eigenvalue weighted by molar-refractivity contribution is 5.81. The van der Waals surface area contributed by atoms with Gasteiger partial charge in [0.1, 0.15) is 12.4 Å². The molecular formula is C17H26N4O3. The molecule has 132 valence electrons. The molecule has 7 heteroatoms. The first-order valence-corrected chi connectivity index (χ1v) is 8.45. The number of nitrogens with zero attached hydrogens (tertiary/aromatic N) is 3. The van der Waals surface area contributed by atoms with E-state index in [-0.39, 0.29) is 18.9 Å².